The Hall–Kier alpha value is -0.340. The third kappa shape index (κ3) is 2.97. The fourth-order valence-electron chi connectivity index (χ4n) is 3.06. The first-order valence-electron chi connectivity index (χ1n) is 7.06. The van der Waals surface area contributed by atoms with Crippen molar-refractivity contribution in [1.82, 2.24) is 0 Å². The van der Waals surface area contributed by atoms with Crippen LogP contribution in [-0.4, -0.2) is 5.11 Å². The molecular formula is C16H23BrO. The van der Waals surface area contributed by atoms with E-state index in [2.05, 4.69) is 35.8 Å². The van der Waals surface area contributed by atoms with Crippen LogP contribution in [0.25, 0.3) is 0 Å². The topological polar surface area (TPSA) is 20.2 Å². The van der Waals surface area contributed by atoms with Crippen molar-refractivity contribution in [3.05, 3.63) is 33.8 Å². The van der Waals surface area contributed by atoms with Gasteiger partial charge < -0.3 is 5.11 Å². The molecule has 1 unspecified atom stereocenters. The van der Waals surface area contributed by atoms with Gasteiger partial charge in [-0.1, -0.05) is 60.3 Å². The van der Waals surface area contributed by atoms with Gasteiger partial charge in [0.15, 0.2) is 0 Å². The van der Waals surface area contributed by atoms with Gasteiger partial charge >= 0.3 is 0 Å². The highest BCUT2D eigenvalue weighted by Gasteiger charge is 2.27. The Kier molecular flexibility index (Phi) is 4.85. The van der Waals surface area contributed by atoms with Crippen LogP contribution in [0, 0.1) is 18.8 Å². The minimum Gasteiger partial charge on any atom is -0.388 e. The molecule has 0 spiro atoms. The third-order valence-corrected chi connectivity index (χ3v) is 5.54. The molecule has 0 amide bonds. The van der Waals surface area contributed by atoms with E-state index in [-0.39, 0.29) is 6.10 Å². The molecule has 2 heteroatoms. The molecule has 1 aromatic carbocycles. The van der Waals surface area contributed by atoms with E-state index in [4.69, 9.17) is 0 Å². The monoisotopic (exact) mass is 310 g/mol. The first kappa shape index (κ1) is 14.1. The summed E-state index contributed by atoms with van der Waals surface area (Å²) in [5.41, 5.74) is 2.27. The van der Waals surface area contributed by atoms with E-state index in [1.165, 1.54) is 37.7 Å². The van der Waals surface area contributed by atoms with Crippen molar-refractivity contribution in [3.63, 3.8) is 0 Å². The highest BCUT2D eigenvalue weighted by atomic mass is 79.9. The summed E-state index contributed by atoms with van der Waals surface area (Å²) in [6, 6.07) is 6.16. The van der Waals surface area contributed by atoms with Crippen molar-refractivity contribution in [2.45, 2.75) is 52.1 Å². The van der Waals surface area contributed by atoms with Crippen molar-refractivity contribution in [1.29, 1.82) is 0 Å². The van der Waals surface area contributed by atoms with E-state index in [0.29, 0.717) is 5.92 Å². The average molecular weight is 311 g/mol. The summed E-state index contributed by atoms with van der Waals surface area (Å²) in [5, 5.41) is 10.6. The van der Waals surface area contributed by atoms with Crippen LogP contribution >= 0.6 is 15.9 Å². The molecule has 0 heterocycles. The Bertz CT molecular complexity index is 394. The number of aliphatic hydroxyl groups excluding tert-OH is 1. The van der Waals surface area contributed by atoms with Crippen LogP contribution in [-0.2, 0) is 0 Å². The van der Waals surface area contributed by atoms with E-state index in [0.717, 1.165) is 16.0 Å². The fraction of sp³-hybridized carbons (Fsp3) is 0.625. The second kappa shape index (κ2) is 6.21. The smallest absolute Gasteiger partial charge is 0.0829 e. The van der Waals surface area contributed by atoms with E-state index < -0.39 is 0 Å². The van der Waals surface area contributed by atoms with Crippen molar-refractivity contribution < 1.29 is 5.11 Å². The van der Waals surface area contributed by atoms with Crippen LogP contribution in [0.3, 0.4) is 0 Å². The Morgan fingerprint density at radius 1 is 1.28 bits per heavy atom. The molecule has 2 rings (SSSR count). The zero-order valence-corrected chi connectivity index (χ0v) is 12.9. The Morgan fingerprint density at radius 2 is 1.94 bits per heavy atom. The minimum absolute atomic E-state index is 0.308. The molecule has 0 aliphatic heterocycles. The summed E-state index contributed by atoms with van der Waals surface area (Å²) in [6.07, 6.45) is 5.87. The molecule has 0 saturated heterocycles. The average Bonchev–Trinajstić information content (AvgIpc) is 2.41. The number of rotatable bonds is 3. The molecule has 1 aliphatic carbocycles. The molecule has 18 heavy (non-hydrogen) atoms. The molecular weight excluding hydrogens is 288 g/mol. The van der Waals surface area contributed by atoms with Crippen LogP contribution < -0.4 is 0 Å². The van der Waals surface area contributed by atoms with E-state index in [1.807, 2.05) is 12.1 Å². The number of hydrogen-bond donors (Lipinski definition) is 1. The summed E-state index contributed by atoms with van der Waals surface area (Å²) >= 11 is 3.61. The van der Waals surface area contributed by atoms with E-state index in [1.54, 1.807) is 0 Å². The van der Waals surface area contributed by atoms with Gasteiger partial charge in [-0.15, -0.1) is 0 Å². The second-order valence-electron chi connectivity index (χ2n) is 5.61. The lowest BCUT2D eigenvalue weighted by Gasteiger charge is -2.31. The predicted molar refractivity (Wildman–Crippen MR) is 79.6 cm³/mol. The zero-order chi connectivity index (χ0) is 13.1. The maximum Gasteiger partial charge on any atom is 0.0829 e. The van der Waals surface area contributed by atoms with Crippen LogP contribution in [0.2, 0.25) is 0 Å². The van der Waals surface area contributed by atoms with Crippen molar-refractivity contribution in [2.75, 3.05) is 0 Å². The summed E-state index contributed by atoms with van der Waals surface area (Å²) < 4.78 is 1.08. The molecule has 1 atom stereocenters. The highest BCUT2D eigenvalue weighted by molar-refractivity contribution is 9.10. The lowest BCUT2D eigenvalue weighted by molar-refractivity contribution is 0.0723. The summed E-state index contributed by atoms with van der Waals surface area (Å²) in [6.45, 7) is 4.35. The lowest BCUT2D eigenvalue weighted by atomic mass is 9.77. The quantitative estimate of drug-likeness (QED) is 0.832. The van der Waals surface area contributed by atoms with Gasteiger partial charge in [-0.05, 0) is 42.7 Å². The van der Waals surface area contributed by atoms with Gasteiger partial charge in [0, 0.05) is 4.47 Å². The highest BCUT2D eigenvalue weighted by Crippen LogP contribution is 2.40. The van der Waals surface area contributed by atoms with E-state index >= 15 is 0 Å². The Balaban J connectivity index is 2.08. The number of hydrogen-bond acceptors (Lipinski definition) is 1. The third-order valence-electron chi connectivity index (χ3n) is 4.46. The number of halogens is 1. The van der Waals surface area contributed by atoms with Gasteiger partial charge in [-0.3, -0.25) is 0 Å². The summed E-state index contributed by atoms with van der Waals surface area (Å²) in [7, 11) is 0. The van der Waals surface area contributed by atoms with Gasteiger partial charge in [-0.25, -0.2) is 0 Å². The molecule has 0 radical (unpaired) electrons. The van der Waals surface area contributed by atoms with Crippen LogP contribution in [0.15, 0.2) is 22.7 Å². The molecule has 1 fully saturated rings. The minimum atomic E-state index is -0.308. The first-order chi connectivity index (χ1) is 8.63. The molecule has 100 valence electrons. The fourth-order valence-corrected chi connectivity index (χ4v) is 3.56. The Morgan fingerprint density at radius 3 is 2.56 bits per heavy atom. The number of aryl methyl sites for hydroxylation is 1. The van der Waals surface area contributed by atoms with Crippen molar-refractivity contribution in [3.8, 4) is 0 Å². The largest absolute Gasteiger partial charge is 0.388 e. The molecule has 1 aromatic rings. The van der Waals surface area contributed by atoms with Gasteiger partial charge in [0.1, 0.15) is 0 Å². The molecule has 1 N–H and O–H groups in total. The summed E-state index contributed by atoms with van der Waals surface area (Å²) in [5.74, 6) is 1.32. The maximum atomic E-state index is 10.6. The van der Waals surface area contributed by atoms with Crippen LogP contribution in [0.1, 0.15) is 56.3 Å². The molecule has 1 aliphatic rings. The number of benzene rings is 1. The summed E-state index contributed by atoms with van der Waals surface area (Å²) in [4.78, 5) is 0. The molecule has 1 nitrogen and oxygen atoms in total. The lowest BCUT2D eigenvalue weighted by Crippen LogP contribution is -2.20. The molecule has 0 bridgehead atoms. The molecule has 0 aromatic heterocycles. The van der Waals surface area contributed by atoms with Gasteiger partial charge in [0.2, 0.25) is 0 Å². The normalized spacial score (nSPS) is 26.0. The van der Waals surface area contributed by atoms with Crippen molar-refractivity contribution in [2.24, 2.45) is 11.8 Å². The van der Waals surface area contributed by atoms with Gasteiger partial charge in [-0.2, -0.15) is 0 Å². The maximum absolute atomic E-state index is 10.6. The molecule has 1 saturated carbocycles. The number of aliphatic hydroxyl groups is 1. The van der Waals surface area contributed by atoms with Crippen LogP contribution in [0.5, 0.6) is 0 Å². The van der Waals surface area contributed by atoms with Gasteiger partial charge in [0.05, 0.1) is 6.10 Å². The van der Waals surface area contributed by atoms with Crippen LogP contribution in [0.4, 0.5) is 0 Å². The SMILES string of the molecule is CCC1CCC(C(O)c2cccc(C)c2Br)CC1. The second-order valence-corrected chi connectivity index (χ2v) is 6.41. The predicted octanol–water partition coefficient (Wildman–Crippen LogP) is 5.01. The van der Waals surface area contributed by atoms with Crippen molar-refractivity contribution >= 4 is 15.9 Å². The standard InChI is InChI=1S/C16H23BrO/c1-3-12-7-9-13(10-8-12)16(18)14-6-4-5-11(2)15(14)17/h4-6,12-13,16,18H,3,7-10H2,1-2H3. The first-order valence-corrected chi connectivity index (χ1v) is 7.85. The Labute approximate surface area is 119 Å². The van der Waals surface area contributed by atoms with Gasteiger partial charge in [0.25, 0.3) is 0 Å². The van der Waals surface area contributed by atoms with E-state index in [9.17, 15) is 5.11 Å². The zero-order valence-electron chi connectivity index (χ0n) is 11.3.